The van der Waals surface area contributed by atoms with Gasteiger partial charge in [-0.25, -0.2) is 0 Å². The molecule has 0 radical (unpaired) electrons. The van der Waals surface area contributed by atoms with Crippen molar-refractivity contribution in [2.24, 2.45) is 0 Å². The van der Waals surface area contributed by atoms with Gasteiger partial charge < -0.3 is 16.0 Å². The van der Waals surface area contributed by atoms with Crippen LogP contribution in [0.2, 0.25) is 15.1 Å². The van der Waals surface area contributed by atoms with Crippen molar-refractivity contribution in [2.75, 3.05) is 11.2 Å². The van der Waals surface area contributed by atoms with E-state index >= 15 is 0 Å². The van der Waals surface area contributed by atoms with E-state index in [-0.39, 0.29) is 21.0 Å². The molecule has 1 unspecified atom stereocenters. The Morgan fingerprint density at radius 2 is 1.65 bits per heavy atom. The molecule has 0 fully saturated rings. The molecule has 23 heavy (non-hydrogen) atoms. The standard InChI is InChI=1S/C11H8Cl7N3OS/c12-3-7(22)19-9(11(16,17)18)21-10(23)20-8-5(14)1-4(13)2-6(8)15/h1-2,9H,3H2,(H,19,22)(H2,20,21,23). The summed E-state index contributed by atoms with van der Waals surface area (Å²) in [6, 6.07) is 2.95. The third kappa shape index (κ3) is 7.04. The Labute approximate surface area is 173 Å². The predicted molar refractivity (Wildman–Crippen MR) is 104 cm³/mol. The van der Waals surface area contributed by atoms with E-state index in [0.29, 0.717) is 10.7 Å². The summed E-state index contributed by atoms with van der Waals surface area (Å²) >= 11 is 45.7. The molecule has 0 aliphatic carbocycles. The monoisotopic (exact) mass is 475 g/mol. The number of thiocarbonyl (C=S) groups is 1. The molecule has 1 atom stereocenters. The van der Waals surface area contributed by atoms with Gasteiger partial charge in [0.2, 0.25) is 9.70 Å². The minimum atomic E-state index is -1.89. The summed E-state index contributed by atoms with van der Waals surface area (Å²) in [7, 11) is 0. The Morgan fingerprint density at radius 3 is 2.09 bits per heavy atom. The van der Waals surface area contributed by atoms with Crippen LogP contribution in [0.3, 0.4) is 0 Å². The smallest absolute Gasteiger partial charge is 0.236 e. The lowest BCUT2D eigenvalue weighted by Gasteiger charge is -2.27. The third-order valence-corrected chi connectivity index (χ3v) is 4.21. The second-order valence-corrected chi connectivity index (χ2v) is 8.31. The fourth-order valence-corrected chi connectivity index (χ4v) is 2.88. The molecule has 0 spiro atoms. The number of alkyl halides is 4. The van der Waals surface area contributed by atoms with E-state index < -0.39 is 15.9 Å². The Bertz CT molecular complexity index is 585. The van der Waals surface area contributed by atoms with E-state index in [2.05, 4.69) is 16.0 Å². The Balaban J connectivity index is 2.86. The van der Waals surface area contributed by atoms with Gasteiger partial charge in [0, 0.05) is 5.02 Å². The molecule has 1 amide bonds. The number of carbonyl (C=O) groups is 1. The molecule has 1 rings (SSSR count). The summed E-state index contributed by atoms with van der Waals surface area (Å²) in [4.78, 5) is 11.4. The van der Waals surface area contributed by atoms with Crippen LogP contribution in [0, 0.1) is 0 Å². The number of nitrogens with one attached hydrogen (secondary N) is 3. The van der Waals surface area contributed by atoms with E-state index in [0.717, 1.165) is 0 Å². The van der Waals surface area contributed by atoms with Crippen LogP contribution in [0.5, 0.6) is 0 Å². The van der Waals surface area contributed by atoms with Gasteiger partial charge in [0.1, 0.15) is 12.0 Å². The highest BCUT2D eigenvalue weighted by molar-refractivity contribution is 7.80. The highest BCUT2D eigenvalue weighted by Crippen LogP contribution is 2.34. The Kier molecular flexibility index (Phi) is 8.58. The number of benzene rings is 1. The van der Waals surface area contributed by atoms with Crippen LogP contribution in [-0.2, 0) is 4.79 Å². The normalized spacial score (nSPS) is 12.5. The third-order valence-electron chi connectivity index (χ3n) is 2.27. The average molecular weight is 478 g/mol. The molecular formula is C11H8Cl7N3OS. The molecule has 1 aromatic carbocycles. The van der Waals surface area contributed by atoms with Crippen molar-refractivity contribution in [1.29, 1.82) is 0 Å². The number of halogens is 7. The number of hydrogen-bond acceptors (Lipinski definition) is 2. The van der Waals surface area contributed by atoms with Crippen molar-refractivity contribution in [2.45, 2.75) is 9.96 Å². The number of anilines is 1. The number of amides is 1. The molecule has 1 aromatic rings. The van der Waals surface area contributed by atoms with Crippen molar-refractivity contribution in [3.8, 4) is 0 Å². The fraction of sp³-hybridized carbons (Fsp3) is 0.273. The lowest BCUT2D eigenvalue weighted by Crippen LogP contribution is -2.56. The first-order valence-corrected chi connectivity index (χ1v) is 8.89. The van der Waals surface area contributed by atoms with Crippen molar-refractivity contribution in [1.82, 2.24) is 10.6 Å². The van der Waals surface area contributed by atoms with E-state index in [9.17, 15) is 4.79 Å². The molecule has 0 bridgehead atoms. The van der Waals surface area contributed by atoms with Crippen molar-refractivity contribution < 1.29 is 4.79 Å². The summed E-state index contributed by atoms with van der Waals surface area (Å²) < 4.78 is -1.89. The number of rotatable bonds is 4. The first kappa shape index (κ1) is 21.5. The molecule has 12 heteroatoms. The van der Waals surface area contributed by atoms with Gasteiger partial charge in [-0.15, -0.1) is 11.6 Å². The first-order valence-electron chi connectivity index (χ1n) is 5.68. The summed E-state index contributed by atoms with van der Waals surface area (Å²) in [6.07, 6.45) is -1.14. The average Bonchev–Trinajstić information content (AvgIpc) is 2.40. The second kappa shape index (κ2) is 9.20. The predicted octanol–water partition coefficient (Wildman–Crippen LogP) is 4.98. The molecule has 3 N–H and O–H groups in total. The minimum absolute atomic E-state index is 0.00215. The lowest BCUT2D eigenvalue weighted by atomic mass is 10.3. The van der Waals surface area contributed by atoms with Gasteiger partial charge in [-0.2, -0.15) is 0 Å². The molecule has 0 aliphatic heterocycles. The number of carbonyl (C=O) groups excluding carboxylic acids is 1. The number of hydrogen-bond donors (Lipinski definition) is 3. The maximum Gasteiger partial charge on any atom is 0.236 e. The maximum absolute atomic E-state index is 11.4. The quantitative estimate of drug-likeness (QED) is 0.325. The molecular weight excluding hydrogens is 470 g/mol. The minimum Gasteiger partial charge on any atom is -0.339 e. The summed E-state index contributed by atoms with van der Waals surface area (Å²) in [5, 5.41) is 8.57. The van der Waals surface area contributed by atoms with Crippen LogP contribution in [0.1, 0.15) is 0 Å². The van der Waals surface area contributed by atoms with E-state index in [1.165, 1.54) is 12.1 Å². The zero-order chi connectivity index (χ0) is 17.8. The van der Waals surface area contributed by atoms with Crippen LogP contribution in [-0.4, -0.2) is 26.9 Å². The van der Waals surface area contributed by atoms with Gasteiger partial charge in [0.05, 0.1) is 15.7 Å². The van der Waals surface area contributed by atoms with E-state index in [4.69, 9.17) is 93.4 Å². The SMILES string of the molecule is O=C(CCl)NC(NC(=S)Nc1c(Cl)cc(Cl)cc1Cl)C(Cl)(Cl)Cl. The molecule has 0 saturated heterocycles. The highest BCUT2D eigenvalue weighted by Gasteiger charge is 2.34. The van der Waals surface area contributed by atoms with Crippen LogP contribution in [0.25, 0.3) is 0 Å². The second-order valence-electron chi connectivity index (χ2n) is 4.02. The molecule has 0 aromatic heterocycles. The van der Waals surface area contributed by atoms with Gasteiger partial charge in [-0.1, -0.05) is 69.6 Å². The van der Waals surface area contributed by atoms with Crippen molar-refractivity contribution >= 4 is 110 Å². The lowest BCUT2D eigenvalue weighted by molar-refractivity contribution is -0.119. The summed E-state index contributed by atoms with van der Waals surface area (Å²) in [6.45, 7) is 0. The van der Waals surface area contributed by atoms with Gasteiger partial charge in [0.15, 0.2) is 5.11 Å². The summed E-state index contributed by atoms with van der Waals surface area (Å²) in [5.41, 5.74) is 0.307. The van der Waals surface area contributed by atoms with E-state index in [1.807, 2.05) is 0 Å². The highest BCUT2D eigenvalue weighted by atomic mass is 35.6. The van der Waals surface area contributed by atoms with Gasteiger partial charge >= 0.3 is 0 Å². The molecule has 128 valence electrons. The van der Waals surface area contributed by atoms with Gasteiger partial charge in [0.25, 0.3) is 0 Å². The van der Waals surface area contributed by atoms with Gasteiger partial charge in [-0.05, 0) is 24.4 Å². The zero-order valence-electron chi connectivity index (χ0n) is 10.9. The van der Waals surface area contributed by atoms with E-state index in [1.54, 1.807) is 0 Å². The largest absolute Gasteiger partial charge is 0.339 e. The summed E-state index contributed by atoms with van der Waals surface area (Å²) in [5.74, 6) is -0.866. The van der Waals surface area contributed by atoms with Crippen LogP contribution in [0.4, 0.5) is 5.69 Å². The fourth-order valence-electron chi connectivity index (χ4n) is 1.34. The Morgan fingerprint density at radius 1 is 1.13 bits per heavy atom. The maximum atomic E-state index is 11.4. The molecule has 0 saturated carbocycles. The van der Waals surface area contributed by atoms with Gasteiger partial charge in [-0.3, -0.25) is 4.79 Å². The zero-order valence-corrected chi connectivity index (χ0v) is 17.0. The first-order chi connectivity index (χ1) is 10.5. The molecule has 4 nitrogen and oxygen atoms in total. The molecule has 0 aliphatic rings. The molecule has 0 heterocycles. The van der Waals surface area contributed by atoms with Crippen LogP contribution in [0.15, 0.2) is 12.1 Å². The van der Waals surface area contributed by atoms with Crippen molar-refractivity contribution in [3.05, 3.63) is 27.2 Å². The Hall–Kier alpha value is 0.410. The van der Waals surface area contributed by atoms with Crippen LogP contribution < -0.4 is 16.0 Å². The van der Waals surface area contributed by atoms with Crippen molar-refractivity contribution in [3.63, 3.8) is 0 Å². The topological polar surface area (TPSA) is 53.2 Å². The van der Waals surface area contributed by atoms with Crippen LogP contribution >= 0.6 is 93.4 Å².